The van der Waals surface area contributed by atoms with Crippen LogP contribution in [0.5, 0.6) is 0 Å². The van der Waals surface area contributed by atoms with Crippen LogP contribution in [0.15, 0.2) is 54.6 Å². The molecule has 0 bridgehead atoms. The van der Waals surface area contributed by atoms with Crippen molar-refractivity contribution in [3.8, 4) is 11.3 Å². The van der Waals surface area contributed by atoms with Crippen LogP contribution in [0.4, 0.5) is 5.82 Å². The van der Waals surface area contributed by atoms with E-state index in [9.17, 15) is 4.79 Å². The fraction of sp³-hybridized carbons (Fsp3) is 0.320. The first-order valence-corrected chi connectivity index (χ1v) is 10.6. The molecular formula is C25H25N3O. The first kappa shape index (κ1) is 18.0. The van der Waals surface area contributed by atoms with Crippen molar-refractivity contribution in [3.63, 3.8) is 0 Å². The Labute approximate surface area is 171 Å². The number of anilines is 1. The number of aryl methyl sites for hydroxylation is 2. The molecule has 4 nitrogen and oxygen atoms in total. The second-order valence-electron chi connectivity index (χ2n) is 8.15. The molecule has 0 radical (unpaired) electrons. The molecule has 2 aromatic carbocycles. The number of nitrogens with zero attached hydrogens (tertiary/aromatic N) is 2. The number of hydrogen-bond acceptors (Lipinski definition) is 3. The Kier molecular flexibility index (Phi) is 4.84. The molecule has 0 atom stereocenters. The van der Waals surface area contributed by atoms with Crippen molar-refractivity contribution in [2.45, 2.75) is 44.9 Å². The second kappa shape index (κ2) is 7.78. The van der Waals surface area contributed by atoms with E-state index in [1.807, 2.05) is 30.3 Å². The molecule has 2 aliphatic carbocycles. The Hall–Kier alpha value is -3.01. The summed E-state index contributed by atoms with van der Waals surface area (Å²) in [7, 11) is 0. The maximum absolute atomic E-state index is 12.8. The Balaban J connectivity index is 1.53. The van der Waals surface area contributed by atoms with Crippen molar-refractivity contribution in [1.82, 2.24) is 9.97 Å². The van der Waals surface area contributed by atoms with Crippen molar-refractivity contribution < 1.29 is 4.79 Å². The summed E-state index contributed by atoms with van der Waals surface area (Å²) in [6.07, 6.45) is 7.76. The first-order valence-electron chi connectivity index (χ1n) is 10.6. The minimum absolute atomic E-state index is 0.122. The summed E-state index contributed by atoms with van der Waals surface area (Å²) in [5.74, 6) is 1.15. The molecule has 1 heterocycles. The highest BCUT2D eigenvalue weighted by atomic mass is 16.1. The largest absolute Gasteiger partial charge is 0.305 e. The van der Waals surface area contributed by atoms with Gasteiger partial charge in [0.15, 0.2) is 5.82 Å². The Morgan fingerprint density at radius 3 is 2.52 bits per heavy atom. The van der Waals surface area contributed by atoms with Gasteiger partial charge in [-0.25, -0.2) is 9.97 Å². The van der Waals surface area contributed by atoms with Gasteiger partial charge in [-0.2, -0.15) is 0 Å². The standard InChI is InChI=1S/C25H25N3O/c29-25(19-11-2-1-3-12-19)28-24-22(16-17-8-4-5-9-17)26-23-20-13-7-6-10-18(20)14-15-21(23)27-24/h1-3,6-7,10-13,17H,4-5,8-9,14-16H2,(H,27,28,29). The lowest BCUT2D eigenvalue weighted by Gasteiger charge is -2.21. The van der Waals surface area contributed by atoms with Crippen LogP contribution in [-0.2, 0) is 19.3 Å². The van der Waals surface area contributed by atoms with Gasteiger partial charge in [0.1, 0.15) is 0 Å². The summed E-state index contributed by atoms with van der Waals surface area (Å²) in [5, 5.41) is 3.06. The molecule has 0 unspecified atom stereocenters. The molecule has 4 heteroatoms. The zero-order valence-corrected chi connectivity index (χ0v) is 16.5. The van der Waals surface area contributed by atoms with Gasteiger partial charge in [0.25, 0.3) is 5.91 Å². The molecule has 146 valence electrons. The molecule has 0 aliphatic heterocycles. The summed E-state index contributed by atoms with van der Waals surface area (Å²) in [6.45, 7) is 0. The molecular weight excluding hydrogens is 358 g/mol. The normalized spacial score (nSPS) is 15.6. The lowest BCUT2D eigenvalue weighted by molar-refractivity contribution is 0.102. The predicted octanol–water partition coefficient (Wildman–Crippen LogP) is 5.23. The molecule has 29 heavy (non-hydrogen) atoms. The quantitative estimate of drug-likeness (QED) is 0.671. The fourth-order valence-electron chi connectivity index (χ4n) is 4.62. The van der Waals surface area contributed by atoms with Crippen LogP contribution >= 0.6 is 0 Å². The lowest BCUT2D eigenvalue weighted by Crippen LogP contribution is -2.19. The summed E-state index contributed by atoms with van der Waals surface area (Å²) in [4.78, 5) is 22.8. The first-order chi connectivity index (χ1) is 14.3. The molecule has 1 aromatic heterocycles. The third-order valence-corrected chi connectivity index (χ3v) is 6.17. The number of aromatic nitrogens is 2. The van der Waals surface area contributed by atoms with Crippen molar-refractivity contribution in [2.75, 3.05) is 5.32 Å². The zero-order valence-electron chi connectivity index (χ0n) is 16.5. The highest BCUT2D eigenvalue weighted by molar-refractivity contribution is 6.04. The number of carbonyl (C=O) groups excluding carboxylic acids is 1. The number of benzene rings is 2. The molecule has 1 amide bonds. The van der Waals surface area contributed by atoms with Crippen LogP contribution in [0.1, 0.15) is 53.0 Å². The maximum Gasteiger partial charge on any atom is 0.256 e. The zero-order chi connectivity index (χ0) is 19.6. The van der Waals surface area contributed by atoms with Crippen LogP contribution < -0.4 is 5.32 Å². The van der Waals surface area contributed by atoms with Gasteiger partial charge >= 0.3 is 0 Å². The minimum Gasteiger partial charge on any atom is -0.305 e. The van der Waals surface area contributed by atoms with Gasteiger partial charge in [0, 0.05) is 11.1 Å². The van der Waals surface area contributed by atoms with E-state index in [-0.39, 0.29) is 5.91 Å². The monoisotopic (exact) mass is 383 g/mol. The molecule has 1 saturated carbocycles. The Morgan fingerprint density at radius 1 is 0.931 bits per heavy atom. The van der Waals surface area contributed by atoms with Gasteiger partial charge < -0.3 is 5.32 Å². The van der Waals surface area contributed by atoms with Gasteiger partial charge in [0.05, 0.1) is 17.1 Å². The number of fused-ring (bicyclic) bond motifs is 3. The average Bonchev–Trinajstić information content (AvgIpc) is 3.28. The van der Waals surface area contributed by atoms with Crippen molar-refractivity contribution in [1.29, 1.82) is 0 Å². The number of nitrogens with one attached hydrogen (secondary N) is 1. The van der Waals surface area contributed by atoms with E-state index in [1.165, 1.54) is 36.8 Å². The van der Waals surface area contributed by atoms with Gasteiger partial charge in [-0.15, -0.1) is 0 Å². The van der Waals surface area contributed by atoms with Crippen LogP contribution in [0, 0.1) is 5.92 Å². The molecule has 0 spiro atoms. The minimum atomic E-state index is -0.122. The van der Waals surface area contributed by atoms with Gasteiger partial charge in [-0.05, 0) is 42.9 Å². The molecule has 3 aromatic rings. The summed E-state index contributed by atoms with van der Waals surface area (Å²) in [6, 6.07) is 17.8. The summed E-state index contributed by atoms with van der Waals surface area (Å²) >= 11 is 0. The van der Waals surface area contributed by atoms with Crippen LogP contribution in [0.3, 0.4) is 0 Å². The summed E-state index contributed by atoms with van der Waals surface area (Å²) in [5.41, 5.74) is 6.08. The van der Waals surface area contributed by atoms with Gasteiger partial charge in [-0.3, -0.25) is 4.79 Å². The van der Waals surface area contributed by atoms with Crippen LogP contribution in [-0.4, -0.2) is 15.9 Å². The molecule has 1 fully saturated rings. The van der Waals surface area contributed by atoms with Gasteiger partial charge in [-0.1, -0.05) is 68.1 Å². The van der Waals surface area contributed by atoms with Crippen molar-refractivity contribution >= 4 is 11.7 Å². The Bertz CT molecular complexity index is 1040. The average molecular weight is 383 g/mol. The number of hydrogen-bond donors (Lipinski definition) is 1. The number of rotatable bonds is 4. The Morgan fingerprint density at radius 2 is 1.69 bits per heavy atom. The summed E-state index contributed by atoms with van der Waals surface area (Å²) < 4.78 is 0. The smallest absolute Gasteiger partial charge is 0.256 e. The third-order valence-electron chi connectivity index (χ3n) is 6.17. The van der Waals surface area contributed by atoms with Crippen LogP contribution in [0.2, 0.25) is 0 Å². The van der Waals surface area contributed by atoms with E-state index < -0.39 is 0 Å². The predicted molar refractivity (Wildman–Crippen MR) is 115 cm³/mol. The highest BCUT2D eigenvalue weighted by Gasteiger charge is 2.25. The van der Waals surface area contributed by atoms with Crippen molar-refractivity contribution in [3.05, 3.63) is 77.1 Å². The molecule has 2 aliphatic rings. The SMILES string of the molecule is O=C(Nc1nc2c(nc1CC1CCCC1)-c1ccccc1CC2)c1ccccc1. The number of carbonyl (C=O) groups is 1. The maximum atomic E-state index is 12.8. The van der Waals surface area contributed by atoms with E-state index in [0.29, 0.717) is 17.3 Å². The van der Waals surface area contributed by atoms with E-state index in [4.69, 9.17) is 9.97 Å². The molecule has 1 N–H and O–H groups in total. The molecule has 5 rings (SSSR count). The lowest BCUT2D eigenvalue weighted by atomic mass is 9.91. The topological polar surface area (TPSA) is 54.9 Å². The van der Waals surface area contributed by atoms with E-state index in [1.54, 1.807) is 0 Å². The van der Waals surface area contributed by atoms with Crippen molar-refractivity contribution in [2.24, 2.45) is 5.92 Å². The number of amides is 1. The van der Waals surface area contributed by atoms with E-state index >= 15 is 0 Å². The third kappa shape index (κ3) is 3.67. The highest BCUT2D eigenvalue weighted by Crippen LogP contribution is 2.35. The van der Waals surface area contributed by atoms with Gasteiger partial charge in [0.2, 0.25) is 0 Å². The van der Waals surface area contributed by atoms with E-state index in [2.05, 4.69) is 29.6 Å². The fourth-order valence-corrected chi connectivity index (χ4v) is 4.62. The molecule has 0 saturated heterocycles. The second-order valence-corrected chi connectivity index (χ2v) is 8.15. The van der Waals surface area contributed by atoms with Crippen LogP contribution in [0.25, 0.3) is 11.3 Å². The van der Waals surface area contributed by atoms with E-state index in [0.717, 1.165) is 36.3 Å².